The van der Waals surface area contributed by atoms with E-state index < -0.39 is 6.10 Å². The number of aliphatic hydroxyl groups is 1. The van der Waals surface area contributed by atoms with Crippen LogP contribution >= 0.6 is 0 Å². The molecule has 1 N–H and O–H groups in total. The summed E-state index contributed by atoms with van der Waals surface area (Å²) in [6.07, 6.45) is 2.83. The molecule has 1 atom stereocenters. The molecule has 2 aromatic heterocycles. The lowest BCUT2D eigenvalue weighted by Crippen LogP contribution is -2.28. The Hall–Kier alpha value is -1.76. The van der Waals surface area contributed by atoms with E-state index in [4.69, 9.17) is 0 Å². The normalized spacial score (nSPS) is 13.0. The van der Waals surface area contributed by atoms with Gasteiger partial charge in [0.2, 0.25) is 0 Å². The summed E-state index contributed by atoms with van der Waals surface area (Å²) in [5.74, 6) is 0.749. The molecule has 1 unspecified atom stereocenters. The number of tetrazole rings is 1. The Kier molecular flexibility index (Phi) is 2.46. The number of anilines is 1. The van der Waals surface area contributed by atoms with Crippen molar-refractivity contribution >= 4 is 11.5 Å². The minimum atomic E-state index is -0.415. The lowest BCUT2D eigenvalue weighted by Gasteiger charge is -2.20. The first kappa shape index (κ1) is 9.78. The summed E-state index contributed by atoms with van der Waals surface area (Å²) in [5, 5.41) is 20.5. The summed E-state index contributed by atoms with van der Waals surface area (Å²) < 4.78 is 1.58. The lowest BCUT2D eigenvalue weighted by molar-refractivity contribution is 0.201. The SMILES string of the molecule is CC(O)CN(C)c1cncc2nnnn12. The number of hydrogen-bond acceptors (Lipinski definition) is 6. The largest absolute Gasteiger partial charge is 0.392 e. The molecule has 0 saturated heterocycles. The van der Waals surface area contributed by atoms with Gasteiger partial charge in [0.05, 0.1) is 18.5 Å². The van der Waals surface area contributed by atoms with Crippen LogP contribution in [0, 0.1) is 0 Å². The third kappa shape index (κ3) is 1.86. The van der Waals surface area contributed by atoms with Gasteiger partial charge in [0, 0.05) is 13.6 Å². The first-order valence-corrected chi connectivity index (χ1v) is 4.60. The van der Waals surface area contributed by atoms with Crippen molar-refractivity contribution in [1.29, 1.82) is 0 Å². The van der Waals surface area contributed by atoms with E-state index in [1.54, 1.807) is 23.8 Å². The smallest absolute Gasteiger partial charge is 0.199 e. The summed E-state index contributed by atoms with van der Waals surface area (Å²) in [5.41, 5.74) is 0.588. The predicted molar refractivity (Wildman–Crippen MR) is 53.5 cm³/mol. The van der Waals surface area contributed by atoms with Gasteiger partial charge in [-0.2, -0.15) is 4.52 Å². The summed E-state index contributed by atoms with van der Waals surface area (Å²) in [6, 6.07) is 0. The summed E-state index contributed by atoms with van der Waals surface area (Å²) >= 11 is 0. The van der Waals surface area contributed by atoms with Gasteiger partial charge in [-0.25, -0.2) is 0 Å². The third-order valence-electron chi connectivity index (χ3n) is 2.02. The van der Waals surface area contributed by atoms with Crippen LogP contribution in [0.25, 0.3) is 5.65 Å². The van der Waals surface area contributed by atoms with Gasteiger partial charge in [0.15, 0.2) is 11.5 Å². The first-order chi connectivity index (χ1) is 7.18. The molecule has 2 aromatic rings. The highest BCUT2D eigenvalue weighted by atomic mass is 16.3. The van der Waals surface area contributed by atoms with Crippen molar-refractivity contribution in [3.8, 4) is 0 Å². The minimum Gasteiger partial charge on any atom is -0.392 e. The summed E-state index contributed by atoms with van der Waals surface area (Å²) in [4.78, 5) is 5.88. The van der Waals surface area contributed by atoms with E-state index in [0.717, 1.165) is 5.82 Å². The molecule has 2 rings (SSSR count). The van der Waals surface area contributed by atoms with Crippen molar-refractivity contribution in [3.63, 3.8) is 0 Å². The Balaban J connectivity index is 2.38. The number of aromatic nitrogens is 5. The fraction of sp³-hybridized carbons (Fsp3) is 0.500. The van der Waals surface area contributed by atoms with Crippen LogP contribution in [0.2, 0.25) is 0 Å². The van der Waals surface area contributed by atoms with E-state index in [1.165, 1.54) is 0 Å². The van der Waals surface area contributed by atoms with Crippen LogP contribution in [0.1, 0.15) is 6.92 Å². The molecule has 0 fully saturated rings. The number of aliphatic hydroxyl groups excluding tert-OH is 1. The molecule has 0 aromatic carbocycles. The van der Waals surface area contributed by atoms with Crippen molar-refractivity contribution in [2.45, 2.75) is 13.0 Å². The van der Waals surface area contributed by atoms with Crippen molar-refractivity contribution < 1.29 is 5.11 Å². The number of nitrogens with zero attached hydrogens (tertiary/aromatic N) is 6. The topological polar surface area (TPSA) is 79.4 Å². The molecular weight excluding hydrogens is 196 g/mol. The molecule has 15 heavy (non-hydrogen) atoms. The highest BCUT2D eigenvalue weighted by Gasteiger charge is 2.10. The average Bonchev–Trinajstić information content (AvgIpc) is 2.63. The zero-order chi connectivity index (χ0) is 10.8. The van der Waals surface area contributed by atoms with E-state index in [-0.39, 0.29) is 0 Å². The molecule has 7 heteroatoms. The molecule has 0 spiro atoms. The van der Waals surface area contributed by atoms with Crippen LogP contribution in [0.3, 0.4) is 0 Å². The molecule has 0 radical (unpaired) electrons. The summed E-state index contributed by atoms with van der Waals surface area (Å²) in [6.45, 7) is 2.23. The lowest BCUT2D eigenvalue weighted by atomic mass is 10.4. The van der Waals surface area contributed by atoms with E-state index in [2.05, 4.69) is 20.5 Å². The molecule has 0 amide bonds. The van der Waals surface area contributed by atoms with E-state index in [0.29, 0.717) is 12.2 Å². The second kappa shape index (κ2) is 3.77. The summed E-state index contributed by atoms with van der Waals surface area (Å²) in [7, 11) is 1.85. The maximum Gasteiger partial charge on any atom is 0.199 e. The first-order valence-electron chi connectivity index (χ1n) is 4.60. The molecule has 7 nitrogen and oxygen atoms in total. The van der Waals surface area contributed by atoms with Crippen molar-refractivity contribution in [2.24, 2.45) is 0 Å². The van der Waals surface area contributed by atoms with Gasteiger partial charge in [-0.05, 0) is 17.4 Å². The van der Waals surface area contributed by atoms with Crippen LogP contribution in [-0.2, 0) is 0 Å². The van der Waals surface area contributed by atoms with Gasteiger partial charge in [0.25, 0.3) is 0 Å². The van der Waals surface area contributed by atoms with Gasteiger partial charge in [0.1, 0.15) is 0 Å². The third-order valence-corrected chi connectivity index (χ3v) is 2.02. The Bertz CT molecular complexity index is 453. The highest BCUT2D eigenvalue weighted by Crippen LogP contribution is 2.10. The zero-order valence-corrected chi connectivity index (χ0v) is 8.57. The quantitative estimate of drug-likeness (QED) is 0.721. The van der Waals surface area contributed by atoms with Gasteiger partial charge < -0.3 is 10.0 Å². The molecule has 0 aliphatic rings. The number of hydrogen-bond donors (Lipinski definition) is 1. The second-order valence-electron chi connectivity index (χ2n) is 3.44. The number of likely N-dealkylation sites (N-methyl/N-ethyl adjacent to an activating group) is 1. The van der Waals surface area contributed by atoms with Crippen molar-refractivity contribution in [1.82, 2.24) is 25.0 Å². The van der Waals surface area contributed by atoms with E-state index >= 15 is 0 Å². The van der Waals surface area contributed by atoms with Crippen LogP contribution in [-0.4, -0.2) is 49.8 Å². The van der Waals surface area contributed by atoms with Gasteiger partial charge >= 0.3 is 0 Å². The zero-order valence-electron chi connectivity index (χ0n) is 8.57. The molecule has 0 bridgehead atoms. The maximum absolute atomic E-state index is 9.28. The van der Waals surface area contributed by atoms with Crippen molar-refractivity contribution in [3.05, 3.63) is 12.4 Å². The Morgan fingerprint density at radius 3 is 3.07 bits per heavy atom. The molecule has 2 heterocycles. The predicted octanol–water partition coefficient (Wildman–Crippen LogP) is -0.664. The minimum absolute atomic E-state index is 0.415. The van der Waals surface area contributed by atoms with E-state index in [9.17, 15) is 5.11 Å². The molecule has 0 aliphatic heterocycles. The van der Waals surface area contributed by atoms with Crippen molar-refractivity contribution in [2.75, 3.05) is 18.5 Å². The van der Waals surface area contributed by atoms with Crippen LogP contribution in [0.15, 0.2) is 12.4 Å². The second-order valence-corrected chi connectivity index (χ2v) is 3.44. The monoisotopic (exact) mass is 208 g/mol. The van der Waals surface area contributed by atoms with E-state index in [1.807, 2.05) is 11.9 Å². The Morgan fingerprint density at radius 1 is 1.53 bits per heavy atom. The molecule has 0 saturated carbocycles. The van der Waals surface area contributed by atoms with Crippen LogP contribution in [0.5, 0.6) is 0 Å². The Morgan fingerprint density at radius 2 is 2.33 bits per heavy atom. The van der Waals surface area contributed by atoms with Gasteiger partial charge in [-0.15, -0.1) is 5.10 Å². The number of fused-ring (bicyclic) bond motifs is 1. The standard InChI is InChI=1S/C8H12N6O/c1-6(15)5-13(2)8-4-9-3-7-10-11-12-14(7)8/h3-4,6,15H,5H2,1-2H3. The molecule has 0 aliphatic carbocycles. The van der Waals surface area contributed by atoms with Crippen LogP contribution in [0.4, 0.5) is 5.82 Å². The Labute approximate surface area is 86.3 Å². The molecular formula is C8H12N6O. The fourth-order valence-electron chi connectivity index (χ4n) is 1.41. The molecule has 80 valence electrons. The van der Waals surface area contributed by atoms with Gasteiger partial charge in [-0.3, -0.25) is 4.98 Å². The maximum atomic E-state index is 9.28. The van der Waals surface area contributed by atoms with Gasteiger partial charge in [-0.1, -0.05) is 0 Å². The van der Waals surface area contributed by atoms with Crippen LogP contribution < -0.4 is 4.90 Å². The average molecular weight is 208 g/mol. The number of rotatable bonds is 3. The highest BCUT2D eigenvalue weighted by molar-refractivity contribution is 5.45. The fourth-order valence-corrected chi connectivity index (χ4v) is 1.41.